The molecule has 26 heavy (non-hydrogen) atoms. The van der Waals surface area contributed by atoms with E-state index in [2.05, 4.69) is 15.2 Å². The second-order valence-electron chi connectivity index (χ2n) is 5.91. The molecule has 2 heterocycles. The van der Waals surface area contributed by atoms with Crippen molar-refractivity contribution in [1.82, 2.24) is 4.98 Å². The summed E-state index contributed by atoms with van der Waals surface area (Å²) >= 11 is 0. The number of benzene rings is 1. The number of aromatic nitrogens is 1. The molecule has 1 aromatic carbocycles. The molecule has 1 amide bonds. The number of para-hydroxylation sites is 1. The third-order valence-corrected chi connectivity index (χ3v) is 4.01. The van der Waals surface area contributed by atoms with Crippen LogP contribution in [0.5, 0.6) is 0 Å². The molecule has 1 atom stereocenters. The quantitative estimate of drug-likeness (QED) is 0.828. The van der Waals surface area contributed by atoms with Crippen LogP contribution in [0.2, 0.25) is 0 Å². The average Bonchev–Trinajstić information content (AvgIpc) is 2.69. The monoisotopic (exact) mass is 355 g/mol. The van der Waals surface area contributed by atoms with E-state index in [4.69, 9.17) is 9.47 Å². The van der Waals surface area contributed by atoms with Crippen molar-refractivity contribution in [2.45, 2.75) is 13.0 Å². The van der Waals surface area contributed by atoms with Crippen LogP contribution < -0.4 is 10.2 Å². The number of esters is 1. The first-order valence-corrected chi connectivity index (χ1v) is 8.49. The van der Waals surface area contributed by atoms with Crippen molar-refractivity contribution in [2.75, 3.05) is 36.5 Å². The minimum absolute atomic E-state index is 0.307. The van der Waals surface area contributed by atoms with Crippen molar-refractivity contribution >= 4 is 23.4 Å². The predicted molar refractivity (Wildman–Crippen MR) is 97.2 cm³/mol. The second kappa shape index (κ2) is 8.44. The molecule has 1 aliphatic rings. The largest absolute Gasteiger partial charge is 0.449 e. The lowest BCUT2D eigenvalue weighted by Gasteiger charge is -2.27. The van der Waals surface area contributed by atoms with Crippen molar-refractivity contribution in [3.8, 4) is 0 Å². The molecular formula is C19H21N3O4. The van der Waals surface area contributed by atoms with Crippen LogP contribution in [0.25, 0.3) is 0 Å². The smallest absolute Gasteiger partial charge is 0.340 e. The van der Waals surface area contributed by atoms with E-state index in [9.17, 15) is 9.59 Å². The highest BCUT2D eigenvalue weighted by Gasteiger charge is 2.20. The van der Waals surface area contributed by atoms with Crippen LogP contribution in [0.4, 0.5) is 11.5 Å². The minimum Gasteiger partial charge on any atom is -0.449 e. The topological polar surface area (TPSA) is 80.8 Å². The molecule has 1 N–H and O–H groups in total. The molecule has 1 unspecified atom stereocenters. The van der Waals surface area contributed by atoms with E-state index in [-0.39, 0.29) is 5.91 Å². The molecule has 1 aliphatic heterocycles. The Hall–Kier alpha value is -2.93. The molecule has 0 saturated carbocycles. The maximum Gasteiger partial charge on any atom is 0.340 e. The highest BCUT2D eigenvalue weighted by molar-refractivity contribution is 5.97. The predicted octanol–water partition coefficient (Wildman–Crippen LogP) is 2.10. The van der Waals surface area contributed by atoms with E-state index in [0.29, 0.717) is 24.5 Å². The van der Waals surface area contributed by atoms with Crippen molar-refractivity contribution in [1.29, 1.82) is 0 Å². The zero-order valence-electron chi connectivity index (χ0n) is 14.6. The molecule has 1 fully saturated rings. The van der Waals surface area contributed by atoms with E-state index in [0.717, 1.165) is 18.9 Å². The van der Waals surface area contributed by atoms with E-state index in [1.54, 1.807) is 24.3 Å². The van der Waals surface area contributed by atoms with E-state index in [1.807, 2.05) is 18.2 Å². The molecule has 0 spiro atoms. The standard InChI is InChI=1S/C19H21N3O4/c1-14(18(23)21-16-5-3-2-4-6-16)26-19(24)15-7-8-17(20-13-15)22-9-11-25-12-10-22/h2-8,13-14H,9-12H2,1H3,(H,21,23). The zero-order valence-corrected chi connectivity index (χ0v) is 14.6. The number of nitrogens with one attached hydrogen (secondary N) is 1. The Morgan fingerprint density at radius 2 is 1.88 bits per heavy atom. The summed E-state index contributed by atoms with van der Waals surface area (Å²) in [4.78, 5) is 30.7. The van der Waals surface area contributed by atoms with Gasteiger partial charge in [0, 0.05) is 25.0 Å². The molecular weight excluding hydrogens is 334 g/mol. The highest BCUT2D eigenvalue weighted by atomic mass is 16.5. The Balaban J connectivity index is 1.56. The third kappa shape index (κ3) is 4.58. The van der Waals surface area contributed by atoms with Gasteiger partial charge < -0.3 is 19.7 Å². The van der Waals surface area contributed by atoms with Gasteiger partial charge in [-0.05, 0) is 31.2 Å². The van der Waals surface area contributed by atoms with Crippen LogP contribution in [-0.4, -0.2) is 49.3 Å². The van der Waals surface area contributed by atoms with Crippen LogP contribution in [0.3, 0.4) is 0 Å². The van der Waals surface area contributed by atoms with Gasteiger partial charge in [-0.25, -0.2) is 9.78 Å². The molecule has 7 heteroatoms. The molecule has 3 rings (SSSR count). The fourth-order valence-corrected chi connectivity index (χ4v) is 2.53. The van der Waals surface area contributed by atoms with Crippen LogP contribution >= 0.6 is 0 Å². The normalized spacial score (nSPS) is 15.2. The van der Waals surface area contributed by atoms with E-state index >= 15 is 0 Å². The van der Waals surface area contributed by atoms with Crippen molar-refractivity contribution in [3.63, 3.8) is 0 Å². The summed E-state index contributed by atoms with van der Waals surface area (Å²) in [7, 11) is 0. The highest BCUT2D eigenvalue weighted by Crippen LogP contribution is 2.14. The number of anilines is 2. The zero-order chi connectivity index (χ0) is 18.4. The van der Waals surface area contributed by atoms with Gasteiger partial charge in [0.2, 0.25) is 0 Å². The van der Waals surface area contributed by atoms with Gasteiger partial charge in [0.15, 0.2) is 6.10 Å². The number of nitrogens with zero attached hydrogens (tertiary/aromatic N) is 2. The molecule has 0 bridgehead atoms. The van der Waals surface area contributed by atoms with E-state index < -0.39 is 12.1 Å². The number of morpholine rings is 1. The summed E-state index contributed by atoms with van der Waals surface area (Å²) in [5.41, 5.74) is 0.957. The molecule has 1 aromatic heterocycles. The number of carbonyl (C=O) groups is 2. The van der Waals surface area contributed by atoms with Crippen molar-refractivity contribution < 1.29 is 19.1 Å². The Kier molecular flexibility index (Phi) is 5.80. The summed E-state index contributed by atoms with van der Waals surface area (Å²) in [5, 5.41) is 2.70. The first-order valence-electron chi connectivity index (χ1n) is 8.49. The molecule has 136 valence electrons. The Morgan fingerprint density at radius 1 is 1.15 bits per heavy atom. The number of hydrogen-bond acceptors (Lipinski definition) is 6. The molecule has 0 aliphatic carbocycles. The van der Waals surface area contributed by atoms with Crippen LogP contribution in [-0.2, 0) is 14.3 Å². The first-order chi connectivity index (χ1) is 12.6. The Labute approximate surface area is 151 Å². The maximum atomic E-state index is 12.2. The summed E-state index contributed by atoms with van der Waals surface area (Å²) in [6.07, 6.45) is 0.552. The Bertz CT molecular complexity index is 743. The van der Waals surface area contributed by atoms with Gasteiger partial charge in [-0.2, -0.15) is 0 Å². The van der Waals surface area contributed by atoms with Gasteiger partial charge in [-0.15, -0.1) is 0 Å². The molecule has 7 nitrogen and oxygen atoms in total. The summed E-state index contributed by atoms with van der Waals surface area (Å²) in [6, 6.07) is 12.4. The number of amides is 1. The number of ether oxygens (including phenoxy) is 2. The van der Waals surface area contributed by atoms with E-state index in [1.165, 1.54) is 13.1 Å². The lowest BCUT2D eigenvalue weighted by atomic mass is 10.2. The van der Waals surface area contributed by atoms with Gasteiger partial charge in [0.25, 0.3) is 5.91 Å². The molecule has 2 aromatic rings. The summed E-state index contributed by atoms with van der Waals surface area (Å²) in [6.45, 7) is 4.41. The summed E-state index contributed by atoms with van der Waals surface area (Å²) in [5.74, 6) is -0.177. The fraction of sp³-hybridized carbons (Fsp3) is 0.316. The maximum absolute atomic E-state index is 12.2. The minimum atomic E-state index is -0.915. The van der Waals surface area contributed by atoms with Crippen molar-refractivity contribution in [3.05, 3.63) is 54.2 Å². The number of carbonyl (C=O) groups excluding carboxylic acids is 2. The van der Waals surface area contributed by atoms with Gasteiger partial charge in [0.05, 0.1) is 18.8 Å². The van der Waals surface area contributed by atoms with Gasteiger partial charge in [-0.3, -0.25) is 4.79 Å². The molecule has 1 saturated heterocycles. The molecule has 0 radical (unpaired) electrons. The van der Waals surface area contributed by atoms with Crippen LogP contribution in [0.15, 0.2) is 48.7 Å². The number of hydrogen-bond donors (Lipinski definition) is 1. The lowest BCUT2D eigenvalue weighted by molar-refractivity contribution is -0.123. The first kappa shape index (κ1) is 17.9. The van der Waals surface area contributed by atoms with Gasteiger partial charge >= 0.3 is 5.97 Å². The third-order valence-electron chi connectivity index (χ3n) is 4.01. The Morgan fingerprint density at radius 3 is 2.54 bits per heavy atom. The number of rotatable bonds is 5. The van der Waals surface area contributed by atoms with Crippen molar-refractivity contribution in [2.24, 2.45) is 0 Å². The number of pyridine rings is 1. The van der Waals surface area contributed by atoms with Crippen LogP contribution in [0, 0.1) is 0 Å². The van der Waals surface area contributed by atoms with Gasteiger partial charge in [0.1, 0.15) is 5.82 Å². The summed E-state index contributed by atoms with van der Waals surface area (Å²) < 4.78 is 10.5. The van der Waals surface area contributed by atoms with Gasteiger partial charge in [-0.1, -0.05) is 18.2 Å². The van der Waals surface area contributed by atoms with Crippen LogP contribution in [0.1, 0.15) is 17.3 Å². The SMILES string of the molecule is CC(OC(=O)c1ccc(N2CCOCC2)nc1)C(=O)Nc1ccccc1. The fourth-order valence-electron chi connectivity index (χ4n) is 2.53. The second-order valence-corrected chi connectivity index (χ2v) is 5.91. The average molecular weight is 355 g/mol. The lowest BCUT2D eigenvalue weighted by Crippen LogP contribution is -2.36.